The van der Waals surface area contributed by atoms with Gasteiger partial charge >= 0.3 is 5.97 Å². The van der Waals surface area contributed by atoms with Crippen molar-refractivity contribution in [3.05, 3.63) is 157 Å². The first kappa shape index (κ1) is 31.2. The van der Waals surface area contributed by atoms with Gasteiger partial charge in [-0.25, -0.2) is 9.80 Å². The molecular weight excluding hydrogens is 683 g/mol. The van der Waals surface area contributed by atoms with Gasteiger partial charge in [-0.15, -0.1) is 11.3 Å². The van der Waals surface area contributed by atoms with Crippen LogP contribution < -0.4 is 4.74 Å². The summed E-state index contributed by atoms with van der Waals surface area (Å²) < 4.78 is 5.41. The van der Waals surface area contributed by atoms with Gasteiger partial charge < -0.3 is 4.74 Å². The lowest BCUT2D eigenvalue weighted by Crippen LogP contribution is -2.52. The molecule has 5 aromatic rings. The third kappa shape index (κ3) is 5.08. The van der Waals surface area contributed by atoms with E-state index >= 15 is 0 Å². The molecule has 242 valence electrons. The summed E-state index contributed by atoms with van der Waals surface area (Å²) >= 11 is 13.8. The smallest absolute Gasteiger partial charge is 0.353 e. The van der Waals surface area contributed by atoms with Gasteiger partial charge in [0.2, 0.25) is 0 Å². The van der Waals surface area contributed by atoms with Crippen molar-refractivity contribution in [2.75, 3.05) is 6.54 Å². The zero-order valence-electron chi connectivity index (χ0n) is 25.4. The molecule has 4 aliphatic rings. The molecule has 0 saturated carbocycles. The molecule has 1 fully saturated rings. The standard InChI is InChI=1S/C38H24Cl2N2O6S/c39-21-13-16-27(28(40)18-21)35(44)41(19-29(43)20-11-14-22(15-12-20)48-38(47)30-10-5-17-49-30)42-36(45)33-31-23-6-1-2-7-24(23)32(34(33)37(42)46)26-9-4-3-8-25(26)31/h1-18,31-34H,19H2/t31?,32?,33-,34-/m1/s1. The molecule has 4 aromatic carbocycles. The predicted molar refractivity (Wildman–Crippen MR) is 183 cm³/mol. The van der Waals surface area contributed by atoms with Crippen molar-refractivity contribution in [2.24, 2.45) is 11.8 Å². The summed E-state index contributed by atoms with van der Waals surface area (Å²) in [4.78, 5) is 70.0. The molecule has 0 radical (unpaired) electrons. The van der Waals surface area contributed by atoms with E-state index in [4.69, 9.17) is 27.9 Å². The SMILES string of the molecule is O=C(CN(C(=O)c1ccc(Cl)cc1Cl)N1C(=O)[C@@H]2C3c4ccccc4C(c4ccccc43)[C@H]2C1=O)c1ccc(OC(=O)c2cccs2)cc1. The van der Waals surface area contributed by atoms with Crippen LogP contribution in [0.1, 0.15) is 64.5 Å². The van der Waals surface area contributed by atoms with Crippen molar-refractivity contribution >= 4 is 64.0 Å². The Bertz CT molecular complexity index is 2090. The fraction of sp³-hybridized carbons (Fsp3) is 0.132. The molecule has 2 atom stereocenters. The number of ketones is 1. The molecule has 49 heavy (non-hydrogen) atoms. The maximum Gasteiger partial charge on any atom is 0.353 e. The van der Waals surface area contributed by atoms with E-state index in [9.17, 15) is 24.0 Å². The van der Waals surface area contributed by atoms with Gasteiger partial charge in [-0.05, 0) is 76.2 Å². The maximum absolute atomic E-state index is 14.5. The summed E-state index contributed by atoms with van der Waals surface area (Å²) in [7, 11) is 0. The zero-order valence-corrected chi connectivity index (χ0v) is 27.7. The number of thiophene rings is 1. The third-order valence-corrected chi connectivity index (χ3v) is 10.9. The number of Topliss-reactive ketones (excluding diaryl/α,β-unsaturated/α-hetero) is 1. The van der Waals surface area contributed by atoms with Crippen LogP contribution in [0, 0.1) is 11.8 Å². The molecule has 9 rings (SSSR count). The number of hydrazine groups is 1. The van der Waals surface area contributed by atoms with E-state index < -0.39 is 59.7 Å². The summed E-state index contributed by atoms with van der Waals surface area (Å²) in [6.07, 6.45) is 0. The van der Waals surface area contributed by atoms with Crippen LogP contribution in [0.2, 0.25) is 10.0 Å². The number of carbonyl (C=O) groups excluding carboxylic acids is 5. The second-order valence-corrected chi connectivity index (χ2v) is 13.8. The molecule has 0 N–H and O–H groups in total. The molecule has 0 spiro atoms. The number of halogens is 2. The van der Waals surface area contributed by atoms with Gasteiger partial charge in [-0.3, -0.25) is 19.2 Å². The van der Waals surface area contributed by atoms with Gasteiger partial charge in [-0.1, -0.05) is 77.8 Å². The van der Waals surface area contributed by atoms with Gasteiger partial charge in [0, 0.05) is 22.4 Å². The second kappa shape index (κ2) is 12.1. The van der Waals surface area contributed by atoms with Gasteiger partial charge in [0.05, 0.1) is 22.4 Å². The number of ether oxygens (including phenoxy) is 1. The number of hydrogen-bond acceptors (Lipinski definition) is 7. The molecule has 3 amide bonds. The van der Waals surface area contributed by atoms with Gasteiger partial charge in [0.1, 0.15) is 17.2 Å². The maximum atomic E-state index is 14.5. The number of nitrogens with zero attached hydrogens (tertiary/aromatic N) is 2. The average Bonchev–Trinajstić information content (AvgIpc) is 3.74. The lowest BCUT2D eigenvalue weighted by Gasteiger charge is -2.45. The molecule has 0 unspecified atom stereocenters. The summed E-state index contributed by atoms with van der Waals surface area (Å²) in [5.41, 5.74) is 4.05. The van der Waals surface area contributed by atoms with Crippen LogP contribution in [0.15, 0.2) is 109 Å². The highest BCUT2D eigenvalue weighted by atomic mass is 35.5. The molecule has 8 nitrogen and oxygen atoms in total. The molecule has 1 aromatic heterocycles. The minimum atomic E-state index is -0.806. The summed E-state index contributed by atoms with van der Waals surface area (Å²) in [5.74, 6) is -5.14. The lowest BCUT2D eigenvalue weighted by molar-refractivity contribution is -0.154. The summed E-state index contributed by atoms with van der Waals surface area (Å²) in [6, 6.07) is 29.1. The highest BCUT2D eigenvalue weighted by molar-refractivity contribution is 7.12. The Morgan fingerprint density at radius 2 is 1.31 bits per heavy atom. The molecular formula is C38H24Cl2N2O6S. The first-order chi connectivity index (χ1) is 23.7. The first-order valence-electron chi connectivity index (χ1n) is 15.4. The van der Waals surface area contributed by atoms with Crippen molar-refractivity contribution in [1.29, 1.82) is 0 Å². The van der Waals surface area contributed by atoms with Crippen molar-refractivity contribution < 1.29 is 28.7 Å². The quantitative estimate of drug-likeness (QED) is 0.0757. The summed E-state index contributed by atoms with van der Waals surface area (Å²) in [6.45, 7) is -0.641. The molecule has 1 saturated heterocycles. The minimum absolute atomic E-state index is 0.00301. The average molecular weight is 708 g/mol. The Morgan fingerprint density at radius 3 is 1.82 bits per heavy atom. The Balaban J connectivity index is 1.15. The van der Waals surface area contributed by atoms with Crippen LogP contribution in [-0.4, -0.2) is 46.0 Å². The number of hydrogen-bond donors (Lipinski definition) is 0. The number of benzene rings is 4. The van der Waals surface area contributed by atoms with E-state index in [2.05, 4.69) is 0 Å². The van der Waals surface area contributed by atoms with Crippen LogP contribution in [0.5, 0.6) is 5.75 Å². The van der Waals surface area contributed by atoms with Crippen molar-refractivity contribution in [2.45, 2.75) is 11.8 Å². The van der Waals surface area contributed by atoms with Crippen LogP contribution in [0.4, 0.5) is 0 Å². The fourth-order valence-electron chi connectivity index (χ4n) is 7.42. The Kier molecular flexibility index (Phi) is 7.71. The molecule has 11 heteroatoms. The Hall–Kier alpha value is -5.09. The van der Waals surface area contributed by atoms with E-state index in [1.165, 1.54) is 53.8 Å². The van der Waals surface area contributed by atoms with Crippen molar-refractivity contribution in [1.82, 2.24) is 10.0 Å². The van der Waals surface area contributed by atoms with E-state index in [0.717, 1.165) is 32.3 Å². The van der Waals surface area contributed by atoms with E-state index in [1.54, 1.807) is 17.5 Å². The van der Waals surface area contributed by atoms with Crippen LogP contribution in [0.25, 0.3) is 0 Å². The number of esters is 1. The Morgan fingerprint density at radius 1 is 0.735 bits per heavy atom. The highest BCUT2D eigenvalue weighted by Crippen LogP contribution is 2.61. The van der Waals surface area contributed by atoms with Crippen molar-refractivity contribution in [3.63, 3.8) is 0 Å². The normalized spacial score (nSPS) is 20.0. The number of imide groups is 1. The predicted octanol–water partition coefficient (Wildman–Crippen LogP) is 7.41. The topological polar surface area (TPSA) is 101 Å². The highest BCUT2D eigenvalue weighted by Gasteiger charge is 2.63. The van der Waals surface area contributed by atoms with Gasteiger partial charge in [0.15, 0.2) is 5.78 Å². The Labute approximate surface area is 294 Å². The fourth-order valence-corrected chi connectivity index (χ4v) is 8.51. The first-order valence-corrected chi connectivity index (χ1v) is 17.1. The van der Waals surface area contributed by atoms with Gasteiger partial charge in [0.25, 0.3) is 17.7 Å². The second-order valence-electron chi connectivity index (χ2n) is 12.1. The zero-order chi connectivity index (χ0) is 34.0. The van der Waals surface area contributed by atoms with Crippen LogP contribution >= 0.6 is 34.5 Å². The number of amides is 3. The van der Waals surface area contributed by atoms with Crippen LogP contribution in [-0.2, 0) is 9.59 Å². The molecule has 1 aliphatic heterocycles. The van der Waals surface area contributed by atoms with Crippen molar-refractivity contribution in [3.8, 4) is 5.75 Å². The number of carbonyl (C=O) groups is 5. The number of rotatable bonds is 7. The summed E-state index contributed by atoms with van der Waals surface area (Å²) in [5, 5.41) is 3.81. The van der Waals surface area contributed by atoms with E-state index in [-0.39, 0.29) is 26.9 Å². The lowest BCUT2D eigenvalue weighted by atomic mass is 9.55. The molecule has 2 heterocycles. The van der Waals surface area contributed by atoms with Gasteiger partial charge in [-0.2, -0.15) is 5.01 Å². The monoisotopic (exact) mass is 706 g/mol. The third-order valence-electron chi connectivity index (χ3n) is 9.47. The minimum Gasteiger partial charge on any atom is -0.422 e. The van der Waals surface area contributed by atoms with E-state index in [0.29, 0.717) is 4.88 Å². The van der Waals surface area contributed by atoms with E-state index in [1.807, 2.05) is 48.5 Å². The molecule has 3 aliphatic carbocycles. The van der Waals surface area contributed by atoms with Crippen LogP contribution in [0.3, 0.4) is 0 Å². The molecule has 2 bridgehead atoms. The largest absolute Gasteiger partial charge is 0.422 e.